The molecule has 0 aromatic heterocycles. The average molecular weight is 138 g/mol. The van der Waals surface area contributed by atoms with Crippen LogP contribution in [0.2, 0.25) is 1.43 Å². The zero-order valence-corrected chi connectivity index (χ0v) is 5.19. The third-order valence-corrected chi connectivity index (χ3v) is 1.13. The predicted octanol–water partition coefficient (Wildman–Crippen LogP) is 1.20. The molecular formula is C7H7NO2. The summed E-state index contributed by atoms with van der Waals surface area (Å²) in [6, 6.07) is 6.66. The highest BCUT2D eigenvalue weighted by Crippen LogP contribution is 2.12. The van der Waals surface area contributed by atoms with Gasteiger partial charge in [-0.25, -0.2) is 0 Å². The number of aromatic hydroxyl groups is 1. The van der Waals surface area contributed by atoms with Crippen molar-refractivity contribution in [2.75, 3.05) is 0 Å². The van der Waals surface area contributed by atoms with Crippen molar-refractivity contribution in [2.45, 2.75) is 0 Å². The molecule has 0 aliphatic heterocycles. The third-order valence-electron chi connectivity index (χ3n) is 1.13. The fourth-order valence-corrected chi connectivity index (χ4v) is 0.653. The van der Waals surface area contributed by atoms with Crippen molar-refractivity contribution >= 4 is 6.21 Å². The Morgan fingerprint density at radius 1 is 1.50 bits per heavy atom. The molecule has 10 heavy (non-hydrogen) atoms. The van der Waals surface area contributed by atoms with Gasteiger partial charge in [-0.3, -0.25) is 0 Å². The monoisotopic (exact) mass is 138 g/mol. The van der Waals surface area contributed by atoms with E-state index in [1.807, 2.05) is 0 Å². The number of phenols is 1. The summed E-state index contributed by atoms with van der Waals surface area (Å²) in [5, 5.41) is 16.0. The third kappa shape index (κ3) is 1.25. The van der Waals surface area contributed by atoms with Crippen molar-refractivity contribution in [3.05, 3.63) is 29.8 Å². The van der Waals surface area contributed by atoms with E-state index in [9.17, 15) is 0 Å². The van der Waals surface area contributed by atoms with Gasteiger partial charge in [-0.05, 0) is 12.1 Å². The molecule has 1 aromatic carbocycles. The Balaban J connectivity index is 2.86. The Kier molecular flexibility index (Phi) is 1.52. The van der Waals surface area contributed by atoms with Gasteiger partial charge in [0, 0.05) is 5.56 Å². The quantitative estimate of drug-likeness (QED) is 0.366. The molecule has 1 aromatic rings. The van der Waals surface area contributed by atoms with Crippen LogP contribution in [0.25, 0.3) is 0 Å². The molecule has 3 heteroatoms. The normalized spacial score (nSPS) is 11.4. The number of nitrogens with zero attached hydrogens (tertiary/aromatic N) is 1. The van der Waals surface area contributed by atoms with E-state index in [4.69, 9.17) is 6.54 Å². The van der Waals surface area contributed by atoms with Crippen LogP contribution in [0, 0.1) is 0 Å². The molecule has 0 fully saturated rings. The molecule has 52 valence electrons. The van der Waals surface area contributed by atoms with Gasteiger partial charge < -0.3 is 10.3 Å². The maximum Gasteiger partial charge on any atom is 0.330 e. The average Bonchev–Trinajstić information content (AvgIpc) is 2.03. The molecular weight excluding hydrogens is 130 g/mol. The Morgan fingerprint density at radius 3 is 3.00 bits per heavy atom. The first-order valence-electron chi connectivity index (χ1n) is 3.19. The molecule has 0 heterocycles. The highest BCUT2D eigenvalue weighted by atomic mass is 16.4. The smallest absolute Gasteiger partial charge is 0.330 e. The summed E-state index contributed by atoms with van der Waals surface area (Å²) >= 11 is 0. The van der Waals surface area contributed by atoms with Crippen molar-refractivity contribution in [1.29, 1.82) is 0 Å². The zero-order chi connectivity index (χ0) is 8.10. The van der Waals surface area contributed by atoms with Crippen LogP contribution in [0.4, 0.5) is 0 Å². The second kappa shape index (κ2) is 2.87. The molecule has 1 rings (SSSR count). The molecule has 2 N–H and O–H groups in total. The van der Waals surface area contributed by atoms with Crippen LogP contribution >= 0.6 is 0 Å². The van der Waals surface area contributed by atoms with Gasteiger partial charge in [0.2, 0.25) is 0 Å². The van der Waals surface area contributed by atoms with Gasteiger partial charge in [-0.15, -0.1) is 0 Å². The SMILES string of the molecule is [2H]ON=Cc1ccccc1O. The largest absolute Gasteiger partial charge is 0.507 e. The van der Waals surface area contributed by atoms with E-state index in [0.29, 0.717) is 5.56 Å². The minimum atomic E-state index is 0.119. The van der Waals surface area contributed by atoms with Gasteiger partial charge >= 0.3 is 1.43 Å². The highest BCUT2D eigenvalue weighted by molar-refractivity contribution is 5.82. The fraction of sp³-hybridized carbons (Fsp3) is 0. The van der Waals surface area contributed by atoms with Gasteiger partial charge in [0.25, 0.3) is 0 Å². The number of benzene rings is 1. The maximum atomic E-state index is 9.13. The molecule has 0 saturated carbocycles. The number of phenolic OH excluding ortho intramolecular Hbond substituents is 1. The van der Waals surface area contributed by atoms with Gasteiger partial charge in [-0.1, -0.05) is 17.3 Å². The first-order valence-corrected chi connectivity index (χ1v) is 2.78. The number of para-hydroxylation sites is 1. The highest BCUT2D eigenvalue weighted by Gasteiger charge is 1.92. The van der Waals surface area contributed by atoms with E-state index >= 15 is 0 Å². The lowest BCUT2D eigenvalue weighted by Crippen LogP contribution is -1.79. The number of hydrogen-bond acceptors (Lipinski definition) is 3. The molecule has 0 bridgehead atoms. The van der Waals surface area contributed by atoms with Crippen molar-refractivity contribution in [2.24, 2.45) is 5.16 Å². The van der Waals surface area contributed by atoms with Crippen LogP contribution in [0.15, 0.2) is 29.4 Å². The van der Waals surface area contributed by atoms with Crippen molar-refractivity contribution in [3.8, 4) is 5.75 Å². The second-order valence-corrected chi connectivity index (χ2v) is 1.79. The summed E-state index contributed by atoms with van der Waals surface area (Å²) in [5.74, 6) is 0.119. The molecule has 0 aliphatic rings. The van der Waals surface area contributed by atoms with Gasteiger partial charge in [0.05, 0.1) is 6.21 Å². The maximum absolute atomic E-state index is 9.13. The Labute approximate surface area is 59.7 Å². The molecule has 0 unspecified atom stereocenters. The van der Waals surface area contributed by atoms with Gasteiger partial charge in [0.15, 0.2) is 0 Å². The van der Waals surface area contributed by atoms with Crippen molar-refractivity contribution < 1.29 is 11.7 Å². The number of hydrogen-bond donors (Lipinski definition) is 2. The van der Waals surface area contributed by atoms with Crippen LogP contribution in [-0.2, 0) is 0 Å². The molecule has 0 spiro atoms. The first-order chi connectivity index (χ1) is 5.34. The van der Waals surface area contributed by atoms with Crippen LogP contribution < -0.4 is 0 Å². The molecule has 3 nitrogen and oxygen atoms in total. The topological polar surface area (TPSA) is 52.8 Å². The van der Waals surface area contributed by atoms with E-state index in [0.717, 1.165) is 0 Å². The lowest BCUT2D eigenvalue weighted by Gasteiger charge is -1.93. The zero-order valence-electron chi connectivity index (χ0n) is 6.19. The number of rotatable bonds is 2. The molecule has 0 aliphatic carbocycles. The molecule has 0 atom stereocenters. The Hall–Kier alpha value is -1.51. The van der Waals surface area contributed by atoms with Crippen LogP contribution in [0.5, 0.6) is 5.75 Å². The van der Waals surface area contributed by atoms with Gasteiger partial charge in [0.1, 0.15) is 5.75 Å². The Morgan fingerprint density at radius 2 is 2.30 bits per heavy atom. The molecule has 0 amide bonds. The van der Waals surface area contributed by atoms with E-state index in [1.165, 1.54) is 12.3 Å². The van der Waals surface area contributed by atoms with E-state index in [1.54, 1.807) is 18.2 Å². The standard InChI is InChI=1S/C7H7NO2/c9-7-4-2-1-3-6(7)5-8-10/h1-5,9-10H/i/hD. The van der Waals surface area contributed by atoms with E-state index < -0.39 is 0 Å². The van der Waals surface area contributed by atoms with Crippen molar-refractivity contribution in [3.63, 3.8) is 0 Å². The second-order valence-electron chi connectivity index (χ2n) is 1.79. The molecule has 0 saturated heterocycles. The summed E-state index contributed by atoms with van der Waals surface area (Å²) in [6.45, 7) is 0. The minimum absolute atomic E-state index is 0.119. The summed E-state index contributed by atoms with van der Waals surface area (Å²) in [4.78, 5) is 0. The van der Waals surface area contributed by atoms with Gasteiger partial charge in [-0.2, -0.15) is 0 Å². The van der Waals surface area contributed by atoms with Crippen molar-refractivity contribution in [1.82, 2.24) is 0 Å². The fourth-order valence-electron chi connectivity index (χ4n) is 0.653. The summed E-state index contributed by atoms with van der Waals surface area (Å²) in [5.41, 5.74) is 0.528. The molecule has 0 radical (unpaired) electrons. The van der Waals surface area contributed by atoms with Crippen LogP contribution in [-0.4, -0.2) is 16.5 Å². The van der Waals surface area contributed by atoms with Crippen LogP contribution in [0.1, 0.15) is 5.56 Å². The summed E-state index contributed by atoms with van der Waals surface area (Å²) < 4.78 is 6.24. The van der Waals surface area contributed by atoms with Crippen LogP contribution in [0.3, 0.4) is 0 Å². The summed E-state index contributed by atoms with van der Waals surface area (Å²) in [6.07, 6.45) is 1.27. The Bertz CT molecular complexity index is 262. The predicted molar refractivity (Wildman–Crippen MR) is 37.5 cm³/mol. The first kappa shape index (κ1) is 5.29. The lowest BCUT2D eigenvalue weighted by molar-refractivity contribution is 0.321. The van der Waals surface area contributed by atoms with E-state index in [2.05, 4.69) is 10.4 Å². The number of oxime groups is 1. The summed E-state index contributed by atoms with van der Waals surface area (Å²) in [7, 11) is 0. The lowest BCUT2D eigenvalue weighted by atomic mass is 10.2. The minimum Gasteiger partial charge on any atom is -0.507 e. The van der Waals surface area contributed by atoms with E-state index in [-0.39, 0.29) is 5.75 Å².